The Morgan fingerprint density at radius 2 is 1.57 bits per heavy atom. The molecular formula is C16H13ClN2O2. The number of rotatable bonds is 3. The summed E-state index contributed by atoms with van der Waals surface area (Å²) in [7, 11) is 0. The maximum absolute atomic E-state index is 12.3. The van der Waals surface area contributed by atoms with Crippen molar-refractivity contribution in [1.29, 1.82) is 0 Å². The number of halogens is 1. The number of nitrogens with zero attached hydrogens (tertiary/aromatic N) is 1. The first-order chi connectivity index (χ1) is 10.2. The number of para-hydroxylation sites is 2. The molecule has 0 bridgehead atoms. The fraction of sp³-hybridized carbons (Fsp3) is 0.0625. The van der Waals surface area contributed by atoms with E-state index in [4.69, 9.17) is 11.6 Å². The Morgan fingerprint density at radius 1 is 1.00 bits per heavy atom. The number of benzene rings is 2. The van der Waals surface area contributed by atoms with Gasteiger partial charge in [-0.3, -0.25) is 9.69 Å². The fourth-order valence-corrected chi connectivity index (χ4v) is 2.45. The van der Waals surface area contributed by atoms with E-state index in [0.717, 1.165) is 5.69 Å². The molecule has 4 nitrogen and oxygen atoms in total. The van der Waals surface area contributed by atoms with Gasteiger partial charge in [0.05, 0.1) is 5.70 Å². The normalized spacial score (nSPS) is 18.3. The van der Waals surface area contributed by atoms with E-state index in [1.807, 2.05) is 36.4 Å². The largest absolute Gasteiger partial charge is 0.368 e. The lowest BCUT2D eigenvalue weighted by Crippen LogP contribution is -2.36. The molecule has 2 N–H and O–H groups in total. The third-order valence-electron chi connectivity index (χ3n) is 3.23. The first-order valence-corrected chi connectivity index (χ1v) is 6.84. The summed E-state index contributed by atoms with van der Waals surface area (Å²) in [5.74, 6) is -0.422. The fourth-order valence-electron chi connectivity index (χ4n) is 2.22. The van der Waals surface area contributed by atoms with E-state index in [0.29, 0.717) is 5.69 Å². The van der Waals surface area contributed by atoms with Crippen molar-refractivity contribution in [3.8, 4) is 0 Å². The van der Waals surface area contributed by atoms with Crippen molar-refractivity contribution in [2.75, 3.05) is 10.2 Å². The van der Waals surface area contributed by atoms with Crippen LogP contribution in [0.4, 0.5) is 11.4 Å². The predicted octanol–water partition coefficient (Wildman–Crippen LogP) is 2.91. The van der Waals surface area contributed by atoms with Gasteiger partial charge in [-0.05, 0) is 24.3 Å². The summed E-state index contributed by atoms with van der Waals surface area (Å²) in [5, 5.41) is 13.4. The molecule has 0 saturated carbocycles. The van der Waals surface area contributed by atoms with Crippen LogP contribution in [0.15, 0.2) is 71.4 Å². The summed E-state index contributed by atoms with van der Waals surface area (Å²) in [5.41, 5.74) is 1.64. The van der Waals surface area contributed by atoms with Crippen molar-refractivity contribution >= 4 is 28.9 Å². The van der Waals surface area contributed by atoms with E-state index in [-0.39, 0.29) is 10.7 Å². The number of carbonyl (C=O) groups excluding carboxylic acids is 1. The molecule has 1 aliphatic heterocycles. The minimum absolute atomic E-state index is 0.00444. The van der Waals surface area contributed by atoms with Crippen LogP contribution in [0, 0.1) is 0 Å². The van der Waals surface area contributed by atoms with Gasteiger partial charge >= 0.3 is 0 Å². The molecule has 2 aromatic carbocycles. The van der Waals surface area contributed by atoms with E-state index >= 15 is 0 Å². The number of aliphatic hydroxyl groups excluding tert-OH is 1. The highest BCUT2D eigenvalue weighted by Crippen LogP contribution is 2.32. The van der Waals surface area contributed by atoms with Crippen molar-refractivity contribution in [3.05, 3.63) is 71.4 Å². The van der Waals surface area contributed by atoms with Crippen LogP contribution in [0.25, 0.3) is 0 Å². The molecule has 21 heavy (non-hydrogen) atoms. The Labute approximate surface area is 127 Å². The Morgan fingerprint density at radius 3 is 2.19 bits per heavy atom. The van der Waals surface area contributed by atoms with Crippen molar-refractivity contribution in [1.82, 2.24) is 0 Å². The highest BCUT2D eigenvalue weighted by molar-refractivity contribution is 6.46. The van der Waals surface area contributed by atoms with Crippen molar-refractivity contribution in [2.24, 2.45) is 0 Å². The Kier molecular flexibility index (Phi) is 3.64. The number of aliphatic hydroxyl groups is 1. The molecule has 0 aromatic heterocycles. The van der Waals surface area contributed by atoms with Crippen LogP contribution < -0.4 is 10.2 Å². The number of anilines is 2. The molecule has 106 valence electrons. The van der Waals surface area contributed by atoms with E-state index in [1.165, 1.54) is 4.90 Å². The summed E-state index contributed by atoms with van der Waals surface area (Å²) in [6, 6.07) is 18.2. The summed E-state index contributed by atoms with van der Waals surface area (Å²) in [6.45, 7) is 0. The third-order valence-corrected chi connectivity index (χ3v) is 3.60. The van der Waals surface area contributed by atoms with Gasteiger partial charge in [0, 0.05) is 11.4 Å². The van der Waals surface area contributed by atoms with Crippen LogP contribution in [0.2, 0.25) is 0 Å². The number of hydrogen-bond acceptors (Lipinski definition) is 3. The van der Waals surface area contributed by atoms with Crippen LogP contribution in [0.1, 0.15) is 0 Å². The summed E-state index contributed by atoms with van der Waals surface area (Å²) >= 11 is 6.08. The molecule has 1 unspecified atom stereocenters. The van der Waals surface area contributed by atoms with Gasteiger partial charge in [-0.15, -0.1) is 0 Å². The predicted molar refractivity (Wildman–Crippen MR) is 82.9 cm³/mol. The van der Waals surface area contributed by atoms with Gasteiger partial charge in [0.25, 0.3) is 5.91 Å². The van der Waals surface area contributed by atoms with Crippen molar-refractivity contribution in [2.45, 2.75) is 6.23 Å². The molecule has 0 saturated heterocycles. The van der Waals surface area contributed by atoms with Gasteiger partial charge in [-0.2, -0.15) is 0 Å². The highest BCUT2D eigenvalue weighted by atomic mass is 35.5. The first kappa shape index (κ1) is 13.7. The zero-order chi connectivity index (χ0) is 14.8. The van der Waals surface area contributed by atoms with Gasteiger partial charge < -0.3 is 10.4 Å². The second-order valence-electron chi connectivity index (χ2n) is 4.60. The number of nitrogens with one attached hydrogen (secondary N) is 1. The topological polar surface area (TPSA) is 52.6 Å². The monoisotopic (exact) mass is 300 g/mol. The van der Waals surface area contributed by atoms with Crippen LogP contribution in [-0.2, 0) is 4.79 Å². The van der Waals surface area contributed by atoms with Gasteiger partial charge in [0.15, 0.2) is 6.23 Å². The molecule has 1 heterocycles. The summed E-state index contributed by atoms with van der Waals surface area (Å²) < 4.78 is 0. The molecule has 3 rings (SSSR count). The lowest BCUT2D eigenvalue weighted by Gasteiger charge is -2.22. The Bertz CT molecular complexity index is 686. The van der Waals surface area contributed by atoms with Gasteiger partial charge in [-0.25, -0.2) is 0 Å². The van der Waals surface area contributed by atoms with E-state index in [2.05, 4.69) is 5.32 Å². The van der Waals surface area contributed by atoms with Crippen LogP contribution in [0.3, 0.4) is 0 Å². The van der Waals surface area contributed by atoms with E-state index in [1.54, 1.807) is 24.3 Å². The SMILES string of the molecule is O=C1C(Cl)=C(Nc2ccccc2)C(O)N1c1ccccc1. The molecule has 5 heteroatoms. The smallest absolute Gasteiger partial charge is 0.274 e. The maximum atomic E-state index is 12.3. The van der Waals surface area contributed by atoms with Crippen molar-refractivity contribution < 1.29 is 9.90 Å². The average Bonchev–Trinajstić information content (AvgIpc) is 2.73. The van der Waals surface area contributed by atoms with Gasteiger partial charge in [0.1, 0.15) is 5.03 Å². The molecule has 0 radical (unpaired) electrons. The molecule has 1 atom stereocenters. The zero-order valence-electron chi connectivity index (χ0n) is 11.0. The summed E-state index contributed by atoms with van der Waals surface area (Å²) in [4.78, 5) is 13.5. The van der Waals surface area contributed by atoms with Crippen LogP contribution >= 0.6 is 11.6 Å². The van der Waals surface area contributed by atoms with Crippen molar-refractivity contribution in [3.63, 3.8) is 0 Å². The second kappa shape index (κ2) is 5.60. The number of carbonyl (C=O) groups is 1. The lowest BCUT2D eigenvalue weighted by molar-refractivity contribution is -0.115. The number of hydrogen-bond donors (Lipinski definition) is 2. The maximum Gasteiger partial charge on any atom is 0.274 e. The van der Waals surface area contributed by atoms with Gasteiger partial charge in [-0.1, -0.05) is 48.0 Å². The van der Waals surface area contributed by atoms with Crippen LogP contribution in [-0.4, -0.2) is 17.2 Å². The zero-order valence-corrected chi connectivity index (χ0v) is 11.8. The molecule has 0 fully saturated rings. The molecule has 0 aliphatic carbocycles. The van der Waals surface area contributed by atoms with Gasteiger partial charge in [0.2, 0.25) is 0 Å². The number of amides is 1. The minimum Gasteiger partial charge on any atom is -0.368 e. The highest BCUT2D eigenvalue weighted by Gasteiger charge is 2.38. The average molecular weight is 301 g/mol. The Balaban J connectivity index is 1.90. The quantitative estimate of drug-likeness (QED) is 0.916. The van der Waals surface area contributed by atoms with E-state index < -0.39 is 12.1 Å². The molecule has 1 aliphatic rings. The minimum atomic E-state index is -1.13. The molecule has 0 spiro atoms. The molecular weight excluding hydrogens is 288 g/mol. The van der Waals surface area contributed by atoms with E-state index in [9.17, 15) is 9.90 Å². The second-order valence-corrected chi connectivity index (χ2v) is 4.98. The lowest BCUT2D eigenvalue weighted by atomic mass is 10.3. The molecule has 1 amide bonds. The third kappa shape index (κ3) is 2.51. The standard InChI is InChI=1S/C16H13ClN2O2/c17-13-14(18-11-7-3-1-4-8-11)16(21)19(15(13)20)12-9-5-2-6-10-12/h1-10,16,18,21H. The Hall–Kier alpha value is -2.30. The molecule has 2 aromatic rings. The van der Waals surface area contributed by atoms with Crippen LogP contribution in [0.5, 0.6) is 0 Å². The summed E-state index contributed by atoms with van der Waals surface area (Å²) in [6.07, 6.45) is -1.13. The first-order valence-electron chi connectivity index (χ1n) is 6.47.